The molecule has 4 heteroatoms. The van der Waals surface area contributed by atoms with Crippen LogP contribution in [0, 0.1) is 0 Å². The first kappa shape index (κ1) is 7.94. The Balaban J connectivity index is 2.53. The van der Waals surface area contributed by atoms with Gasteiger partial charge < -0.3 is 20.6 Å². The number of aliphatic hydroxyl groups excluding tert-OH is 3. The van der Waals surface area contributed by atoms with Gasteiger partial charge in [0.15, 0.2) is 0 Å². The highest BCUT2D eigenvalue weighted by atomic mass is 16.3. The molecule has 1 rings (SSSR count). The van der Waals surface area contributed by atoms with Crippen molar-refractivity contribution < 1.29 is 15.3 Å². The van der Waals surface area contributed by atoms with Gasteiger partial charge in [-0.15, -0.1) is 0 Å². The molecule has 4 N–H and O–H groups in total. The van der Waals surface area contributed by atoms with Gasteiger partial charge in [-0.3, -0.25) is 0 Å². The third-order valence-corrected chi connectivity index (χ3v) is 1.95. The van der Waals surface area contributed by atoms with E-state index in [1.54, 1.807) is 6.92 Å². The van der Waals surface area contributed by atoms with Gasteiger partial charge in [-0.05, 0) is 6.92 Å². The first-order valence-electron chi connectivity index (χ1n) is 3.40. The Hall–Kier alpha value is -0.160. The Morgan fingerprint density at radius 3 is 2.10 bits per heavy atom. The van der Waals surface area contributed by atoms with E-state index in [4.69, 9.17) is 15.3 Å². The maximum Gasteiger partial charge on any atom is 0.0989 e. The Morgan fingerprint density at radius 2 is 1.90 bits per heavy atom. The molecule has 1 heterocycles. The van der Waals surface area contributed by atoms with Gasteiger partial charge in [0.2, 0.25) is 0 Å². The van der Waals surface area contributed by atoms with Crippen LogP contribution in [0.25, 0.3) is 0 Å². The lowest BCUT2D eigenvalue weighted by Gasteiger charge is -2.11. The van der Waals surface area contributed by atoms with Crippen molar-refractivity contribution in [3.8, 4) is 0 Å². The largest absolute Gasteiger partial charge is 0.395 e. The summed E-state index contributed by atoms with van der Waals surface area (Å²) < 4.78 is 0. The van der Waals surface area contributed by atoms with Gasteiger partial charge in [-0.1, -0.05) is 0 Å². The summed E-state index contributed by atoms with van der Waals surface area (Å²) in [5.41, 5.74) is 0. The van der Waals surface area contributed by atoms with Crippen LogP contribution < -0.4 is 5.32 Å². The summed E-state index contributed by atoms with van der Waals surface area (Å²) in [4.78, 5) is 0. The van der Waals surface area contributed by atoms with E-state index in [9.17, 15) is 0 Å². The monoisotopic (exact) mass is 147 g/mol. The molecule has 0 aromatic carbocycles. The average Bonchev–Trinajstić information content (AvgIpc) is 2.17. The number of rotatable bonds is 1. The second-order valence-electron chi connectivity index (χ2n) is 2.73. The number of nitrogens with one attached hydrogen (secondary N) is 1. The molecular weight excluding hydrogens is 134 g/mol. The van der Waals surface area contributed by atoms with Crippen LogP contribution in [0.4, 0.5) is 0 Å². The highest BCUT2D eigenvalue weighted by Crippen LogP contribution is 2.12. The van der Waals surface area contributed by atoms with Crippen LogP contribution in [0.3, 0.4) is 0 Å². The van der Waals surface area contributed by atoms with E-state index >= 15 is 0 Å². The van der Waals surface area contributed by atoms with Crippen molar-refractivity contribution in [1.29, 1.82) is 0 Å². The van der Waals surface area contributed by atoms with Crippen LogP contribution in [0.15, 0.2) is 0 Å². The van der Waals surface area contributed by atoms with E-state index in [1.165, 1.54) is 0 Å². The molecule has 0 aromatic rings. The normalized spacial score (nSPS) is 48.0. The Bertz CT molecular complexity index is 120. The van der Waals surface area contributed by atoms with Gasteiger partial charge in [-0.2, -0.15) is 0 Å². The minimum atomic E-state index is -0.833. The molecule has 10 heavy (non-hydrogen) atoms. The predicted molar refractivity (Wildman–Crippen MR) is 35.5 cm³/mol. The van der Waals surface area contributed by atoms with Crippen molar-refractivity contribution >= 4 is 0 Å². The standard InChI is InChI=1S/C6H13NO3/c1-3-5(9)6(10)4(2-8)7-3/h3-10H,2H2,1H3/t3?,4-,5-,6?/m1/s1. The minimum Gasteiger partial charge on any atom is -0.395 e. The van der Waals surface area contributed by atoms with Crippen LogP contribution in [0.5, 0.6) is 0 Å². The molecule has 1 saturated heterocycles. The molecule has 0 aliphatic carbocycles. The molecule has 4 atom stereocenters. The Labute approximate surface area is 59.5 Å². The van der Waals surface area contributed by atoms with Crippen LogP contribution in [0.1, 0.15) is 6.92 Å². The molecule has 0 radical (unpaired) electrons. The summed E-state index contributed by atoms with van der Waals surface area (Å²) in [5, 5.41) is 29.8. The first-order valence-corrected chi connectivity index (χ1v) is 3.40. The van der Waals surface area contributed by atoms with E-state index in [2.05, 4.69) is 5.32 Å². The first-order chi connectivity index (χ1) is 4.66. The lowest BCUT2D eigenvalue weighted by Crippen LogP contribution is -2.36. The van der Waals surface area contributed by atoms with E-state index in [-0.39, 0.29) is 18.7 Å². The minimum absolute atomic E-state index is 0.132. The van der Waals surface area contributed by atoms with E-state index in [0.717, 1.165) is 0 Å². The van der Waals surface area contributed by atoms with Crippen LogP contribution in [0.2, 0.25) is 0 Å². The zero-order valence-electron chi connectivity index (χ0n) is 5.86. The Kier molecular flexibility index (Phi) is 2.25. The van der Waals surface area contributed by atoms with Crippen molar-refractivity contribution in [1.82, 2.24) is 5.32 Å². The fraction of sp³-hybridized carbons (Fsp3) is 1.00. The molecule has 0 saturated carbocycles. The van der Waals surface area contributed by atoms with Crippen LogP contribution in [-0.2, 0) is 0 Å². The summed E-state index contributed by atoms with van der Waals surface area (Å²) in [7, 11) is 0. The molecule has 1 fully saturated rings. The lowest BCUT2D eigenvalue weighted by molar-refractivity contribution is 0.0214. The molecule has 0 bridgehead atoms. The van der Waals surface area contributed by atoms with Crippen LogP contribution >= 0.6 is 0 Å². The average molecular weight is 147 g/mol. The fourth-order valence-corrected chi connectivity index (χ4v) is 1.23. The van der Waals surface area contributed by atoms with Crippen molar-refractivity contribution in [2.24, 2.45) is 0 Å². The summed E-state index contributed by atoms with van der Waals surface area (Å²) in [6.45, 7) is 1.63. The summed E-state index contributed by atoms with van der Waals surface area (Å²) >= 11 is 0. The third-order valence-electron chi connectivity index (χ3n) is 1.95. The van der Waals surface area contributed by atoms with E-state index < -0.39 is 12.2 Å². The zero-order chi connectivity index (χ0) is 7.72. The van der Waals surface area contributed by atoms with Crippen molar-refractivity contribution in [2.45, 2.75) is 31.2 Å². The van der Waals surface area contributed by atoms with Gasteiger partial charge in [-0.25, -0.2) is 0 Å². The zero-order valence-corrected chi connectivity index (χ0v) is 5.86. The summed E-state index contributed by atoms with van der Waals surface area (Å²) in [6, 6.07) is -0.503. The van der Waals surface area contributed by atoms with Crippen molar-refractivity contribution in [3.05, 3.63) is 0 Å². The van der Waals surface area contributed by atoms with Gasteiger partial charge in [0.05, 0.1) is 24.9 Å². The number of hydrogen-bond donors (Lipinski definition) is 4. The molecule has 0 aromatic heterocycles. The molecular formula is C6H13NO3. The summed E-state index contributed by atoms with van der Waals surface area (Å²) in [5.74, 6) is 0. The van der Waals surface area contributed by atoms with Gasteiger partial charge in [0.1, 0.15) is 0 Å². The second-order valence-corrected chi connectivity index (χ2v) is 2.73. The number of aliphatic hydroxyl groups is 3. The maximum atomic E-state index is 9.16. The number of hydrogen-bond acceptors (Lipinski definition) is 4. The third kappa shape index (κ3) is 1.15. The molecule has 60 valence electrons. The van der Waals surface area contributed by atoms with E-state index in [1.807, 2.05) is 0 Å². The fourth-order valence-electron chi connectivity index (χ4n) is 1.23. The van der Waals surface area contributed by atoms with Gasteiger partial charge in [0.25, 0.3) is 0 Å². The topological polar surface area (TPSA) is 72.7 Å². The molecule has 1 aliphatic heterocycles. The maximum absolute atomic E-state index is 9.16. The SMILES string of the molecule is CC1N[C@H](CO)C(O)[C@@H]1O. The second kappa shape index (κ2) is 2.84. The highest BCUT2D eigenvalue weighted by molar-refractivity contribution is 4.95. The Morgan fingerprint density at radius 1 is 1.30 bits per heavy atom. The van der Waals surface area contributed by atoms with E-state index in [0.29, 0.717) is 0 Å². The van der Waals surface area contributed by atoms with Gasteiger partial charge >= 0.3 is 0 Å². The molecule has 4 nitrogen and oxygen atoms in total. The van der Waals surface area contributed by atoms with Crippen molar-refractivity contribution in [3.63, 3.8) is 0 Å². The summed E-state index contributed by atoms with van der Waals surface area (Å²) in [6.07, 6.45) is -1.59. The molecule has 1 aliphatic rings. The van der Waals surface area contributed by atoms with Crippen LogP contribution in [-0.4, -0.2) is 46.2 Å². The predicted octanol–water partition coefficient (Wildman–Crippen LogP) is -1.94. The molecule has 0 spiro atoms. The van der Waals surface area contributed by atoms with Gasteiger partial charge in [0, 0.05) is 6.04 Å². The van der Waals surface area contributed by atoms with Crippen molar-refractivity contribution in [2.75, 3.05) is 6.61 Å². The quantitative estimate of drug-likeness (QED) is 0.348. The molecule has 0 amide bonds. The highest BCUT2D eigenvalue weighted by Gasteiger charge is 2.37. The lowest BCUT2D eigenvalue weighted by atomic mass is 10.1. The smallest absolute Gasteiger partial charge is 0.0989 e. The molecule has 2 unspecified atom stereocenters.